The van der Waals surface area contributed by atoms with Gasteiger partial charge in [-0.15, -0.1) is 10.2 Å². The fourth-order valence-electron chi connectivity index (χ4n) is 2.92. The maximum absolute atomic E-state index is 5.49. The Morgan fingerprint density at radius 3 is 2.95 bits per heavy atom. The molecule has 2 aromatic rings. The zero-order chi connectivity index (χ0) is 15.5. The topological polar surface area (TPSA) is 71.9 Å². The van der Waals surface area contributed by atoms with E-state index in [1.807, 2.05) is 13.8 Å². The van der Waals surface area contributed by atoms with Crippen molar-refractivity contribution in [1.29, 1.82) is 0 Å². The molecule has 0 aromatic carbocycles. The van der Waals surface area contributed by atoms with Crippen molar-refractivity contribution in [2.75, 3.05) is 13.2 Å². The van der Waals surface area contributed by atoms with Crippen molar-refractivity contribution in [3.05, 3.63) is 29.1 Å². The second-order valence-corrected chi connectivity index (χ2v) is 5.89. The fraction of sp³-hybridized carbons (Fsp3) is 0.667. The van der Waals surface area contributed by atoms with Gasteiger partial charge in [0.05, 0.1) is 5.69 Å². The van der Waals surface area contributed by atoms with Gasteiger partial charge in [0, 0.05) is 44.4 Å². The summed E-state index contributed by atoms with van der Waals surface area (Å²) in [5, 5.41) is 16.0. The molecule has 0 bridgehead atoms. The molecule has 0 fully saturated rings. The highest BCUT2D eigenvalue weighted by molar-refractivity contribution is 5.07. The number of nitrogens with one attached hydrogen (secondary N) is 1. The van der Waals surface area contributed by atoms with Gasteiger partial charge in [-0.25, -0.2) is 0 Å². The number of hydrogen-bond acceptors (Lipinski definition) is 5. The van der Waals surface area contributed by atoms with E-state index in [0.717, 1.165) is 49.1 Å². The molecule has 0 aliphatic carbocycles. The first-order chi connectivity index (χ1) is 10.7. The van der Waals surface area contributed by atoms with Crippen molar-refractivity contribution in [1.82, 2.24) is 29.9 Å². The third-order valence-electron chi connectivity index (χ3n) is 4.18. The van der Waals surface area contributed by atoms with Crippen LogP contribution in [0.15, 0.2) is 6.07 Å². The van der Waals surface area contributed by atoms with Crippen molar-refractivity contribution in [2.45, 2.75) is 52.9 Å². The van der Waals surface area contributed by atoms with Crippen molar-refractivity contribution in [3.8, 4) is 0 Å². The summed E-state index contributed by atoms with van der Waals surface area (Å²) in [6.45, 7) is 10.2. The van der Waals surface area contributed by atoms with E-state index in [0.29, 0.717) is 19.3 Å². The van der Waals surface area contributed by atoms with Crippen molar-refractivity contribution in [2.24, 2.45) is 0 Å². The lowest BCUT2D eigenvalue weighted by atomic mass is 10.2. The second kappa shape index (κ2) is 6.58. The largest absolute Gasteiger partial charge is 0.374 e. The van der Waals surface area contributed by atoms with E-state index >= 15 is 0 Å². The van der Waals surface area contributed by atoms with Crippen LogP contribution < -0.4 is 0 Å². The predicted molar refractivity (Wildman–Crippen MR) is 82.3 cm³/mol. The number of ether oxygens (including phenoxy) is 1. The number of aromatic amines is 1. The summed E-state index contributed by atoms with van der Waals surface area (Å²) < 4.78 is 7.70. The molecule has 7 nitrogen and oxygen atoms in total. The van der Waals surface area contributed by atoms with Crippen molar-refractivity contribution >= 4 is 0 Å². The molecule has 2 aromatic heterocycles. The molecular weight excluding hydrogens is 280 g/mol. The molecular formula is C15H24N6O. The minimum absolute atomic E-state index is 0.419. The third-order valence-corrected chi connectivity index (χ3v) is 4.18. The van der Waals surface area contributed by atoms with Crippen LogP contribution in [0.3, 0.4) is 0 Å². The molecule has 0 radical (unpaired) electrons. The van der Waals surface area contributed by atoms with Crippen molar-refractivity contribution in [3.63, 3.8) is 0 Å². The summed E-state index contributed by atoms with van der Waals surface area (Å²) in [4.78, 5) is 2.45. The summed E-state index contributed by atoms with van der Waals surface area (Å²) in [5.41, 5.74) is 2.20. The smallest absolute Gasteiger partial charge is 0.159 e. The van der Waals surface area contributed by atoms with E-state index in [4.69, 9.17) is 4.74 Å². The Balaban J connectivity index is 1.70. The number of nitrogens with zero attached hydrogens (tertiary/aromatic N) is 5. The van der Waals surface area contributed by atoms with Gasteiger partial charge >= 0.3 is 0 Å². The number of fused-ring (bicyclic) bond motifs is 1. The lowest BCUT2D eigenvalue weighted by molar-refractivity contribution is 0.124. The van der Waals surface area contributed by atoms with E-state index in [1.165, 1.54) is 0 Å². The third kappa shape index (κ3) is 3.20. The first-order valence-corrected chi connectivity index (χ1v) is 7.91. The first-order valence-electron chi connectivity index (χ1n) is 7.91. The van der Waals surface area contributed by atoms with Gasteiger partial charge in [-0.3, -0.25) is 10.00 Å². The van der Waals surface area contributed by atoms with Crippen LogP contribution in [-0.2, 0) is 30.9 Å². The minimum Gasteiger partial charge on any atom is -0.374 e. The Labute approximate surface area is 130 Å². The first kappa shape index (κ1) is 15.2. The van der Waals surface area contributed by atoms with Crippen LogP contribution in [0.25, 0.3) is 0 Å². The van der Waals surface area contributed by atoms with Crippen LogP contribution in [0.1, 0.15) is 36.9 Å². The summed E-state index contributed by atoms with van der Waals surface area (Å²) in [5.74, 6) is 1.99. The fourth-order valence-corrected chi connectivity index (χ4v) is 2.92. The van der Waals surface area contributed by atoms with Crippen molar-refractivity contribution < 1.29 is 4.74 Å². The molecule has 7 heteroatoms. The van der Waals surface area contributed by atoms with Crippen LogP contribution in [0.5, 0.6) is 0 Å². The SMILES string of the molecule is CCOCc1nnc2n1CCN(Cc1cc(C)[nH]n1)[C@H](C)C2. The van der Waals surface area contributed by atoms with Gasteiger partial charge < -0.3 is 9.30 Å². The molecule has 0 spiro atoms. The zero-order valence-corrected chi connectivity index (χ0v) is 13.5. The number of aryl methyl sites for hydroxylation is 1. The molecule has 3 heterocycles. The Bertz CT molecular complexity index is 619. The average molecular weight is 304 g/mol. The van der Waals surface area contributed by atoms with Gasteiger partial charge in [-0.2, -0.15) is 5.10 Å². The molecule has 1 aliphatic rings. The van der Waals surface area contributed by atoms with Gasteiger partial charge in [-0.05, 0) is 26.8 Å². The van der Waals surface area contributed by atoms with Crippen LogP contribution in [0, 0.1) is 6.92 Å². The Kier molecular flexibility index (Phi) is 4.54. The van der Waals surface area contributed by atoms with Gasteiger partial charge in [0.25, 0.3) is 0 Å². The molecule has 0 amide bonds. The Morgan fingerprint density at radius 2 is 2.23 bits per heavy atom. The maximum Gasteiger partial charge on any atom is 0.159 e. The van der Waals surface area contributed by atoms with Gasteiger partial charge in [0.15, 0.2) is 5.82 Å². The summed E-state index contributed by atoms with van der Waals surface area (Å²) in [7, 11) is 0. The molecule has 120 valence electrons. The van der Waals surface area contributed by atoms with E-state index in [-0.39, 0.29) is 0 Å². The van der Waals surface area contributed by atoms with Crippen LogP contribution in [-0.4, -0.2) is 49.1 Å². The van der Waals surface area contributed by atoms with Gasteiger partial charge in [0.2, 0.25) is 0 Å². The second-order valence-electron chi connectivity index (χ2n) is 5.89. The summed E-state index contributed by atoms with van der Waals surface area (Å²) in [6, 6.07) is 2.53. The molecule has 0 saturated carbocycles. The van der Waals surface area contributed by atoms with Gasteiger partial charge in [0.1, 0.15) is 12.4 Å². The summed E-state index contributed by atoms with van der Waals surface area (Å²) in [6.07, 6.45) is 0.905. The molecule has 1 atom stereocenters. The zero-order valence-electron chi connectivity index (χ0n) is 13.5. The molecule has 0 unspecified atom stereocenters. The highest BCUT2D eigenvalue weighted by Gasteiger charge is 2.24. The number of aromatic nitrogens is 5. The number of hydrogen-bond donors (Lipinski definition) is 1. The highest BCUT2D eigenvalue weighted by Crippen LogP contribution is 2.17. The standard InChI is InChI=1S/C15H24N6O/c1-4-22-10-15-19-18-14-8-12(3)20(5-6-21(14)15)9-13-7-11(2)16-17-13/h7,12H,4-6,8-10H2,1-3H3,(H,16,17)/t12-/m1/s1. The Hall–Kier alpha value is -1.73. The highest BCUT2D eigenvalue weighted by atomic mass is 16.5. The van der Waals surface area contributed by atoms with Crippen LogP contribution >= 0.6 is 0 Å². The van der Waals surface area contributed by atoms with Crippen LogP contribution in [0.4, 0.5) is 0 Å². The predicted octanol–water partition coefficient (Wildman–Crippen LogP) is 1.29. The normalized spacial score (nSPS) is 19.1. The number of H-pyrrole nitrogens is 1. The quantitative estimate of drug-likeness (QED) is 0.901. The molecule has 1 aliphatic heterocycles. The van der Waals surface area contributed by atoms with Gasteiger partial charge in [-0.1, -0.05) is 0 Å². The van der Waals surface area contributed by atoms with Crippen LogP contribution in [0.2, 0.25) is 0 Å². The van der Waals surface area contributed by atoms with E-state index < -0.39 is 0 Å². The minimum atomic E-state index is 0.419. The average Bonchev–Trinajstić information content (AvgIpc) is 3.03. The molecule has 3 rings (SSSR count). The van der Waals surface area contributed by atoms with E-state index in [9.17, 15) is 0 Å². The monoisotopic (exact) mass is 304 g/mol. The van der Waals surface area contributed by atoms with E-state index in [2.05, 4.69) is 42.9 Å². The number of rotatable bonds is 5. The molecule has 1 N–H and O–H groups in total. The van der Waals surface area contributed by atoms with E-state index in [1.54, 1.807) is 0 Å². The maximum atomic E-state index is 5.49. The molecule has 22 heavy (non-hydrogen) atoms. The lowest BCUT2D eigenvalue weighted by Crippen LogP contribution is -2.34. The lowest BCUT2D eigenvalue weighted by Gasteiger charge is -2.25. The Morgan fingerprint density at radius 1 is 1.36 bits per heavy atom. The molecule has 0 saturated heterocycles. The summed E-state index contributed by atoms with van der Waals surface area (Å²) >= 11 is 0.